The number of hydrogen-bond donors (Lipinski definition) is 0. The van der Waals surface area contributed by atoms with E-state index in [9.17, 15) is 4.79 Å². The minimum Gasteiger partial charge on any atom is -0.465 e. The van der Waals surface area contributed by atoms with Crippen LogP contribution in [0.5, 0.6) is 0 Å². The lowest BCUT2D eigenvalue weighted by Gasteiger charge is -2.29. The van der Waals surface area contributed by atoms with Crippen LogP contribution in [0.2, 0.25) is 0 Å². The van der Waals surface area contributed by atoms with Crippen molar-refractivity contribution in [3.63, 3.8) is 0 Å². The number of ether oxygens (including phenoxy) is 1. The second-order valence-electron chi connectivity index (χ2n) is 7.65. The van der Waals surface area contributed by atoms with E-state index >= 15 is 4.39 Å². The van der Waals surface area contributed by atoms with E-state index in [1.54, 1.807) is 36.0 Å². The first kappa shape index (κ1) is 22.9. The van der Waals surface area contributed by atoms with E-state index in [4.69, 9.17) is 4.74 Å². The van der Waals surface area contributed by atoms with Crippen molar-refractivity contribution in [1.29, 1.82) is 0 Å². The van der Waals surface area contributed by atoms with E-state index in [1.165, 1.54) is 7.11 Å². The minimum absolute atomic E-state index is 0.317. The number of hydrogen-bond acceptors (Lipinski definition) is 4. The van der Waals surface area contributed by atoms with Crippen molar-refractivity contribution in [2.75, 3.05) is 24.3 Å². The molecule has 0 heterocycles. The van der Waals surface area contributed by atoms with Gasteiger partial charge in [-0.1, -0.05) is 51.1 Å². The van der Waals surface area contributed by atoms with Gasteiger partial charge in [0, 0.05) is 22.7 Å². The van der Waals surface area contributed by atoms with Crippen LogP contribution in [0, 0.1) is 11.7 Å². The maximum Gasteiger partial charge on any atom is 0.337 e. The lowest BCUT2D eigenvalue weighted by Crippen LogP contribution is -2.23. The van der Waals surface area contributed by atoms with Gasteiger partial charge in [-0.05, 0) is 53.6 Å². The highest BCUT2D eigenvalue weighted by Gasteiger charge is 2.19. The van der Waals surface area contributed by atoms with Gasteiger partial charge in [-0.3, -0.25) is 0 Å². The fourth-order valence-corrected chi connectivity index (χ4v) is 4.32. The number of methoxy groups -OCH3 is 1. The Morgan fingerprint density at radius 2 is 1.81 bits per heavy atom. The van der Waals surface area contributed by atoms with E-state index in [0.717, 1.165) is 28.6 Å². The molecular formula is C26H28FNO2S. The summed E-state index contributed by atoms with van der Waals surface area (Å²) in [5.74, 6) is 0.514. The largest absolute Gasteiger partial charge is 0.465 e. The minimum atomic E-state index is -0.436. The standard InChI is InChI=1S/C26H28FNO2S/c1-5-31-25-15-22(19-10-9-11-20(14-19)26(29)30-4)23(27)16-24(25)28(17-18(2)3)21-12-7-6-8-13-21/h6-16,18H,5,17H2,1-4H3. The number of benzene rings is 3. The van der Waals surface area contributed by atoms with Crippen molar-refractivity contribution in [3.8, 4) is 11.1 Å². The van der Waals surface area contributed by atoms with E-state index < -0.39 is 5.97 Å². The maximum absolute atomic E-state index is 15.4. The number of thioether (sulfide) groups is 1. The van der Waals surface area contributed by atoms with E-state index in [1.807, 2.05) is 30.3 Å². The van der Waals surface area contributed by atoms with Crippen LogP contribution in [0.4, 0.5) is 15.8 Å². The third-order valence-electron chi connectivity index (χ3n) is 4.85. The highest BCUT2D eigenvalue weighted by Crippen LogP contribution is 2.39. The van der Waals surface area contributed by atoms with E-state index in [2.05, 4.69) is 37.8 Å². The SMILES string of the molecule is CCSc1cc(-c2cccc(C(=O)OC)c2)c(F)cc1N(CC(C)C)c1ccccc1. The molecule has 0 aliphatic rings. The second kappa shape index (κ2) is 10.5. The van der Waals surface area contributed by atoms with E-state index in [0.29, 0.717) is 22.6 Å². The van der Waals surface area contributed by atoms with Crippen LogP contribution in [0.3, 0.4) is 0 Å². The van der Waals surface area contributed by atoms with Crippen molar-refractivity contribution in [2.24, 2.45) is 5.92 Å². The van der Waals surface area contributed by atoms with Crippen molar-refractivity contribution in [1.82, 2.24) is 0 Å². The monoisotopic (exact) mass is 437 g/mol. The third kappa shape index (κ3) is 5.47. The molecule has 0 spiro atoms. The van der Waals surface area contributed by atoms with Gasteiger partial charge in [0.15, 0.2) is 0 Å². The predicted molar refractivity (Wildman–Crippen MR) is 128 cm³/mol. The predicted octanol–water partition coefficient (Wildman–Crippen LogP) is 7.19. The molecule has 0 unspecified atom stereocenters. The molecule has 0 atom stereocenters. The van der Waals surface area contributed by atoms with Gasteiger partial charge in [-0.25, -0.2) is 9.18 Å². The van der Waals surface area contributed by atoms with Crippen LogP contribution in [0.15, 0.2) is 71.6 Å². The normalized spacial score (nSPS) is 10.9. The summed E-state index contributed by atoms with van der Waals surface area (Å²) in [7, 11) is 1.34. The molecule has 0 aliphatic heterocycles. The number of halogens is 1. The third-order valence-corrected chi connectivity index (χ3v) is 5.78. The smallest absolute Gasteiger partial charge is 0.337 e. The molecule has 0 fully saturated rings. The van der Waals surface area contributed by atoms with E-state index in [-0.39, 0.29) is 5.82 Å². The van der Waals surface area contributed by atoms with Gasteiger partial charge < -0.3 is 9.64 Å². The first-order valence-electron chi connectivity index (χ1n) is 10.4. The van der Waals surface area contributed by atoms with Gasteiger partial charge in [0.05, 0.1) is 18.4 Å². The van der Waals surface area contributed by atoms with Crippen LogP contribution in [-0.2, 0) is 4.74 Å². The Morgan fingerprint density at radius 1 is 1.06 bits per heavy atom. The summed E-state index contributed by atoms with van der Waals surface area (Å²) in [6, 6.07) is 20.5. The zero-order valence-corrected chi connectivity index (χ0v) is 19.2. The Kier molecular flexibility index (Phi) is 7.75. The molecule has 0 amide bonds. The summed E-state index contributed by atoms with van der Waals surface area (Å²) in [6.45, 7) is 7.18. The topological polar surface area (TPSA) is 29.5 Å². The summed E-state index contributed by atoms with van der Waals surface area (Å²) < 4.78 is 20.2. The van der Waals surface area contributed by atoms with Crippen molar-refractivity contribution in [2.45, 2.75) is 25.7 Å². The summed E-state index contributed by atoms with van der Waals surface area (Å²) in [6.07, 6.45) is 0. The van der Waals surface area contributed by atoms with Gasteiger partial charge in [-0.2, -0.15) is 0 Å². The van der Waals surface area contributed by atoms with Crippen molar-refractivity contribution in [3.05, 3.63) is 78.1 Å². The second-order valence-corrected chi connectivity index (χ2v) is 8.95. The summed E-state index contributed by atoms with van der Waals surface area (Å²) in [4.78, 5) is 15.1. The van der Waals surface area contributed by atoms with Gasteiger partial charge in [0.2, 0.25) is 0 Å². The van der Waals surface area contributed by atoms with Crippen LogP contribution in [0.25, 0.3) is 11.1 Å². The zero-order valence-electron chi connectivity index (χ0n) is 18.4. The molecule has 0 aliphatic carbocycles. The molecule has 3 nitrogen and oxygen atoms in total. The van der Waals surface area contributed by atoms with Crippen LogP contribution in [0.1, 0.15) is 31.1 Å². The first-order chi connectivity index (χ1) is 14.9. The first-order valence-corrected chi connectivity index (χ1v) is 11.4. The average Bonchev–Trinajstić information content (AvgIpc) is 2.78. The fourth-order valence-electron chi connectivity index (χ4n) is 3.49. The van der Waals surface area contributed by atoms with Crippen molar-refractivity contribution < 1.29 is 13.9 Å². The number of carbonyl (C=O) groups is 1. The molecule has 162 valence electrons. The van der Waals surface area contributed by atoms with Crippen LogP contribution >= 0.6 is 11.8 Å². The Labute approximate surface area is 188 Å². The van der Waals surface area contributed by atoms with Crippen molar-refractivity contribution >= 4 is 29.1 Å². The van der Waals surface area contributed by atoms with Crippen LogP contribution in [-0.4, -0.2) is 25.4 Å². The highest BCUT2D eigenvalue weighted by molar-refractivity contribution is 7.99. The molecule has 3 aromatic rings. The summed E-state index contributed by atoms with van der Waals surface area (Å²) in [5.41, 5.74) is 3.42. The summed E-state index contributed by atoms with van der Waals surface area (Å²) >= 11 is 1.68. The number of carbonyl (C=O) groups excluding carboxylic acids is 1. The van der Waals surface area contributed by atoms with Gasteiger partial charge in [-0.15, -0.1) is 11.8 Å². The molecule has 0 saturated carbocycles. The molecule has 0 aromatic heterocycles. The fraction of sp³-hybridized carbons (Fsp3) is 0.269. The molecule has 3 aromatic carbocycles. The molecule has 31 heavy (non-hydrogen) atoms. The number of para-hydroxylation sites is 1. The maximum atomic E-state index is 15.4. The Bertz CT molecular complexity index is 1040. The van der Waals surface area contributed by atoms with Crippen LogP contribution < -0.4 is 4.90 Å². The zero-order chi connectivity index (χ0) is 22.4. The molecule has 0 N–H and O–H groups in total. The summed E-state index contributed by atoms with van der Waals surface area (Å²) in [5, 5.41) is 0. The Morgan fingerprint density at radius 3 is 2.45 bits per heavy atom. The number of anilines is 2. The highest BCUT2D eigenvalue weighted by atomic mass is 32.2. The Hall–Kier alpha value is -2.79. The van der Waals surface area contributed by atoms with Gasteiger partial charge in [0.1, 0.15) is 5.82 Å². The van der Waals surface area contributed by atoms with Gasteiger partial charge >= 0.3 is 5.97 Å². The lowest BCUT2D eigenvalue weighted by atomic mass is 10.0. The lowest BCUT2D eigenvalue weighted by molar-refractivity contribution is 0.0601. The molecule has 5 heteroatoms. The quantitative estimate of drug-likeness (QED) is 0.276. The number of esters is 1. The molecule has 3 rings (SSSR count). The molecule has 0 bridgehead atoms. The number of nitrogens with zero attached hydrogens (tertiary/aromatic N) is 1. The molecular weight excluding hydrogens is 409 g/mol. The molecule has 0 saturated heterocycles. The number of rotatable bonds is 8. The van der Waals surface area contributed by atoms with Gasteiger partial charge in [0.25, 0.3) is 0 Å². The molecule has 0 radical (unpaired) electrons. The average molecular weight is 438 g/mol. The Balaban J connectivity index is 2.13.